The van der Waals surface area contributed by atoms with Crippen LogP contribution in [0, 0.1) is 6.92 Å². The average Bonchev–Trinajstić information content (AvgIpc) is 2.72. The highest BCUT2D eigenvalue weighted by molar-refractivity contribution is 7.62. The third-order valence-electron chi connectivity index (χ3n) is 1.83. The van der Waals surface area contributed by atoms with Crippen molar-refractivity contribution in [1.29, 1.82) is 0 Å². The first-order chi connectivity index (χ1) is 7.59. The lowest BCUT2D eigenvalue weighted by Gasteiger charge is -2.13. The van der Waals surface area contributed by atoms with Crippen LogP contribution in [0.2, 0.25) is 0 Å². The molecule has 0 aliphatic rings. The summed E-state index contributed by atoms with van der Waals surface area (Å²) in [6, 6.07) is 0. The molecule has 0 spiro atoms. The molecule has 1 aromatic rings. The Bertz CT molecular complexity index is 356. The van der Waals surface area contributed by atoms with Gasteiger partial charge in [0.25, 0.3) is 0 Å². The molecule has 0 atom stereocenters. The van der Waals surface area contributed by atoms with Crippen LogP contribution in [0.15, 0.2) is 0 Å². The summed E-state index contributed by atoms with van der Waals surface area (Å²) in [7, 11) is 0.774. The van der Waals surface area contributed by atoms with Crippen molar-refractivity contribution in [2.75, 3.05) is 21.3 Å². The van der Waals surface area contributed by atoms with Gasteiger partial charge in [-0.15, -0.1) is 5.10 Å². The number of aromatic nitrogens is 2. The molecule has 0 bridgehead atoms. The van der Waals surface area contributed by atoms with Crippen molar-refractivity contribution < 1.29 is 18.3 Å². The van der Waals surface area contributed by atoms with Crippen molar-refractivity contribution in [2.24, 2.45) is 0 Å². The smallest absolute Gasteiger partial charge is 0.368 e. The Balaban J connectivity index is 0.00000106. The normalized spacial score (nSPS) is 10.6. The highest BCUT2D eigenvalue weighted by atomic mass is 31.2. The fraction of sp³-hybridized carbons (Fsp3) is 0.667. The Labute approximate surface area is 95.8 Å². The van der Waals surface area contributed by atoms with Crippen molar-refractivity contribution in [1.82, 2.24) is 10.2 Å². The van der Waals surface area contributed by atoms with E-state index in [9.17, 15) is 4.57 Å². The lowest BCUT2D eigenvalue weighted by molar-refractivity contribution is 0.285. The monoisotopic (exact) mass is 250 g/mol. The summed E-state index contributed by atoms with van der Waals surface area (Å²) in [6.45, 7) is 5.72. The standard InChI is InChI=1S/C7H13N2O4P.C2H6/c1-5-6(7(11-2)9-8-5)14(10,12-3)13-4;1-2/h1-4H3,(H,8,9);1-2H3. The summed E-state index contributed by atoms with van der Waals surface area (Å²) in [4.78, 5) is 0. The molecule has 1 rings (SSSR count). The van der Waals surface area contributed by atoms with Gasteiger partial charge in [0.2, 0.25) is 5.88 Å². The fourth-order valence-corrected chi connectivity index (χ4v) is 2.47. The minimum Gasteiger partial charge on any atom is -0.479 e. The van der Waals surface area contributed by atoms with Gasteiger partial charge in [-0.05, 0) is 6.92 Å². The second-order valence-corrected chi connectivity index (χ2v) is 4.74. The van der Waals surface area contributed by atoms with E-state index in [-0.39, 0.29) is 5.88 Å². The van der Waals surface area contributed by atoms with Crippen molar-refractivity contribution >= 4 is 12.9 Å². The largest absolute Gasteiger partial charge is 0.479 e. The topological polar surface area (TPSA) is 73.4 Å². The predicted molar refractivity (Wildman–Crippen MR) is 62.5 cm³/mol. The van der Waals surface area contributed by atoms with Gasteiger partial charge in [-0.3, -0.25) is 9.66 Å². The molecule has 0 unspecified atom stereocenters. The van der Waals surface area contributed by atoms with Crippen LogP contribution in [0.1, 0.15) is 19.5 Å². The third kappa shape index (κ3) is 2.84. The van der Waals surface area contributed by atoms with Crippen molar-refractivity contribution in [3.63, 3.8) is 0 Å². The molecular formula is C9H19N2O4P. The molecule has 94 valence electrons. The molecule has 0 amide bonds. The van der Waals surface area contributed by atoms with E-state index in [0.29, 0.717) is 11.0 Å². The van der Waals surface area contributed by atoms with E-state index >= 15 is 0 Å². The lowest BCUT2D eigenvalue weighted by atomic mass is 10.5. The maximum atomic E-state index is 12.0. The van der Waals surface area contributed by atoms with Gasteiger partial charge >= 0.3 is 7.60 Å². The van der Waals surface area contributed by atoms with Gasteiger partial charge in [0.15, 0.2) is 0 Å². The van der Waals surface area contributed by atoms with Crippen LogP contribution in [0.4, 0.5) is 0 Å². The summed E-state index contributed by atoms with van der Waals surface area (Å²) < 4.78 is 26.7. The highest BCUT2D eigenvalue weighted by Crippen LogP contribution is 2.48. The highest BCUT2D eigenvalue weighted by Gasteiger charge is 2.33. The van der Waals surface area contributed by atoms with Crippen LogP contribution < -0.4 is 10.0 Å². The van der Waals surface area contributed by atoms with Gasteiger partial charge in [-0.25, -0.2) is 0 Å². The molecule has 1 aromatic heterocycles. The van der Waals surface area contributed by atoms with E-state index in [2.05, 4.69) is 10.2 Å². The van der Waals surface area contributed by atoms with Crippen LogP contribution in [-0.2, 0) is 13.6 Å². The number of nitrogens with one attached hydrogen (secondary N) is 1. The molecule has 0 saturated heterocycles. The molecule has 1 N–H and O–H groups in total. The first kappa shape index (κ1) is 15.2. The molecule has 0 fully saturated rings. The van der Waals surface area contributed by atoms with Crippen LogP contribution >= 0.6 is 7.60 Å². The molecule has 0 aliphatic carbocycles. The molecule has 0 aromatic carbocycles. The molecule has 1 heterocycles. The van der Waals surface area contributed by atoms with Crippen LogP contribution in [0.3, 0.4) is 0 Å². The zero-order chi connectivity index (χ0) is 12.8. The number of hydrogen-bond donors (Lipinski definition) is 1. The van der Waals surface area contributed by atoms with E-state index in [1.807, 2.05) is 13.8 Å². The summed E-state index contributed by atoms with van der Waals surface area (Å²) in [6.07, 6.45) is 0. The number of H-pyrrole nitrogens is 1. The Kier molecular flexibility index (Phi) is 6.33. The van der Waals surface area contributed by atoms with Crippen molar-refractivity contribution in [3.05, 3.63) is 5.69 Å². The maximum absolute atomic E-state index is 12.0. The van der Waals surface area contributed by atoms with Gasteiger partial charge in [0.1, 0.15) is 5.30 Å². The second kappa shape index (κ2) is 6.68. The SMILES string of the molecule is CC.COc1n[nH]c(C)c1P(=O)(OC)OC. The quantitative estimate of drug-likeness (QED) is 0.826. The second-order valence-electron chi connectivity index (χ2n) is 2.57. The predicted octanol–water partition coefficient (Wildman–Crippen LogP) is 1.86. The number of aryl methyl sites for hydroxylation is 1. The van der Waals surface area contributed by atoms with Gasteiger partial charge in [0.05, 0.1) is 12.8 Å². The summed E-state index contributed by atoms with van der Waals surface area (Å²) in [5.41, 5.74) is 0.605. The summed E-state index contributed by atoms with van der Waals surface area (Å²) in [5.74, 6) is 0.231. The van der Waals surface area contributed by atoms with E-state index in [4.69, 9.17) is 13.8 Å². The first-order valence-electron chi connectivity index (χ1n) is 4.90. The minimum absolute atomic E-state index is 0.231. The fourth-order valence-electron chi connectivity index (χ4n) is 1.12. The van der Waals surface area contributed by atoms with E-state index in [1.165, 1.54) is 21.3 Å². The molecule has 0 saturated carbocycles. The number of aromatic amines is 1. The number of ether oxygens (including phenoxy) is 1. The van der Waals surface area contributed by atoms with Crippen molar-refractivity contribution in [2.45, 2.75) is 20.8 Å². The third-order valence-corrected chi connectivity index (χ3v) is 3.87. The molecule has 6 nitrogen and oxygen atoms in total. The van der Waals surface area contributed by atoms with Gasteiger partial charge < -0.3 is 13.8 Å². The maximum Gasteiger partial charge on any atom is 0.368 e. The van der Waals surface area contributed by atoms with Crippen LogP contribution in [0.5, 0.6) is 5.88 Å². The number of hydrogen-bond acceptors (Lipinski definition) is 5. The van der Waals surface area contributed by atoms with Crippen LogP contribution in [0.25, 0.3) is 0 Å². The van der Waals surface area contributed by atoms with Gasteiger partial charge in [-0.1, -0.05) is 13.8 Å². The molecule has 7 heteroatoms. The zero-order valence-corrected chi connectivity index (χ0v) is 11.4. The summed E-state index contributed by atoms with van der Waals surface area (Å²) >= 11 is 0. The van der Waals surface area contributed by atoms with E-state index < -0.39 is 7.60 Å². The number of rotatable bonds is 4. The van der Waals surface area contributed by atoms with E-state index in [1.54, 1.807) is 6.92 Å². The van der Waals surface area contributed by atoms with Gasteiger partial charge in [0, 0.05) is 14.2 Å². The van der Waals surface area contributed by atoms with Crippen molar-refractivity contribution in [3.8, 4) is 5.88 Å². The average molecular weight is 250 g/mol. The Hall–Kier alpha value is -0.840. The Morgan fingerprint density at radius 1 is 1.19 bits per heavy atom. The Morgan fingerprint density at radius 3 is 2.06 bits per heavy atom. The first-order valence-corrected chi connectivity index (χ1v) is 6.44. The number of methoxy groups -OCH3 is 1. The molecule has 0 aliphatic heterocycles. The molecular weight excluding hydrogens is 231 g/mol. The lowest BCUT2D eigenvalue weighted by Crippen LogP contribution is -2.11. The van der Waals surface area contributed by atoms with Crippen LogP contribution in [-0.4, -0.2) is 31.5 Å². The van der Waals surface area contributed by atoms with E-state index in [0.717, 1.165) is 0 Å². The minimum atomic E-state index is -3.30. The molecule has 0 radical (unpaired) electrons. The van der Waals surface area contributed by atoms with Gasteiger partial charge in [-0.2, -0.15) is 0 Å². The number of nitrogens with zero attached hydrogens (tertiary/aromatic N) is 1. The Morgan fingerprint density at radius 2 is 1.69 bits per heavy atom. The zero-order valence-electron chi connectivity index (χ0n) is 10.5. The summed E-state index contributed by atoms with van der Waals surface area (Å²) in [5, 5.41) is 6.81. The molecule has 16 heavy (non-hydrogen) atoms.